The molecule has 2 heterocycles. The van der Waals surface area contributed by atoms with Gasteiger partial charge >= 0.3 is 0 Å². The molecule has 0 amide bonds. The highest BCUT2D eigenvalue weighted by Crippen LogP contribution is 2.33. The molecule has 1 aliphatic carbocycles. The highest BCUT2D eigenvalue weighted by atomic mass is 15.2. The summed E-state index contributed by atoms with van der Waals surface area (Å²) in [6, 6.07) is 4.39. The third-order valence-corrected chi connectivity index (χ3v) is 4.75. The molecule has 4 nitrogen and oxygen atoms in total. The summed E-state index contributed by atoms with van der Waals surface area (Å²) in [5.74, 6) is 1.43. The summed E-state index contributed by atoms with van der Waals surface area (Å²) in [7, 11) is 0. The van der Waals surface area contributed by atoms with E-state index in [1.165, 1.54) is 24.1 Å². The number of fused-ring (bicyclic) bond motifs is 1. The van der Waals surface area contributed by atoms with Crippen molar-refractivity contribution in [3.8, 4) is 0 Å². The van der Waals surface area contributed by atoms with Crippen LogP contribution in [0.3, 0.4) is 0 Å². The van der Waals surface area contributed by atoms with Crippen molar-refractivity contribution in [3.63, 3.8) is 0 Å². The van der Waals surface area contributed by atoms with E-state index in [-0.39, 0.29) is 5.41 Å². The van der Waals surface area contributed by atoms with Crippen LogP contribution in [0.4, 0.5) is 5.82 Å². The zero-order valence-corrected chi connectivity index (χ0v) is 11.6. The number of amidine groups is 1. The number of hydrogen-bond donors (Lipinski definition) is 2. The number of piperidine rings is 1. The standard InChI is InChI=1S/C15H22N4/c1-15(14(16)17)7-9-19(10-8-15)13-6-5-11-3-2-4-12(11)18-13/h5-6H,2-4,7-10H2,1H3,(H3,16,17). The van der Waals surface area contributed by atoms with Crippen molar-refractivity contribution < 1.29 is 0 Å². The quantitative estimate of drug-likeness (QED) is 0.630. The van der Waals surface area contributed by atoms with E-state index in [9.17, 15) is 0 Å². The normalized spacial score (nSPS) is 21.2. The van der Waals surface area contributed by atoms with Crippen LogP contribution in [0.2, 0.25) is 0 Å². The summed E-state index contributed by atoms with van der Waals surface area (Å²) in [6.07, 6.45) is 5.45. The molecular weight excluding hydrogens is 236 g/mol. The van der Waals surface area contributed by atoms with Crippen LogP contribution in [0.15, 0.2) is 12.1 Å². The second-order valence-electron chi connectivity index (χ2n) is 6.09. The highest BCUT2D eigenvalue weighted by molar-refractivity contribution is 5.83. The molecule has 4 heteroatoms. The van der Waals surface area contributed by atoms with Gasteiger partial charge < -0.3 is 10.6 Å². The Hall–Kier alpha value is -1.58. The number of nitrogens with two attached hydrogens (primary N) is 1. The molecule has 1 saturated heterocycles. The molecule has 1 aromatic heterocycles. The number of nitrogens with one attached hydrogen (secondary N) is 1. The topological polar surface area (TPSA) is 66.0 Å². The van der Waals surface area contributed by atoms with Crippen molar-refractivity contribution in [3.05, 3.63) is 23.4 Å². The van der Waals surface area contributed by atoms with Gasteiger partial charge in [-0.25, -0.2) is 4.98 Å². The lowest BCUT2D eigenvalue weighted by Crippen LogP contribution is -2.45. The van der Waals surface area contributed by atoms with Crippen LogP contribution in [0, 0.1) is 10.8 Å². The van der Waals surface area contributed by atoms with E-state index < -0.39 is 0 Å². The molecule has 0 bridgehead atoms. The zero-order chi connectivity index (χ0) is 13.5. The molecule has 3 N–H and O–H groups in total. The fraction of sp³-hybridized carbons (Fsp3) is 0.600. The van der Waals surface area contributed by atoms with Crippen LogP contribution < -0.4 is 10.6 Å². The number of aromatic nitrogens is 1. The van der Waals surface area contributed by atoms with Gasteiger partial charge in [-0.3, -0.25) is 5.41 Å². The minimum Gasteiger partial charge on any atom is -0.387 e. The fourth-order valence-electron chi connectivity index (χ4n) is 3.08. The average molecular weight is 258 g/mol. The van der Waals surface area contributed by atoms with E-state index in [2.05, 4.69) is 24.0 Å². The van der Waals surface area contributed by atoms with Crippen molar-refractivity contribution in [1.29, 1.82) is 5.41 Å². The molecule has 0 spiro atoms. The Labute approximate surface area is 114 Å². The summed E-state index contributed by atoms with van der Waals surface area (Å²) >= 11 is 0. The number of nitrogens with zero attached hydrogens (tertiary/aromatic N) is 2. The fourth-order valence-corrected chi connectivity index (χ4v) is 3.08. The summed E-state index contributed by atoms with van der Waals surface area (Å²) in [6.45, 7) is 3.99. The van der Waals surface area contributed by atoms with Gasteiger partial charge in [-0.1, -0.05) is 13.0 Å². The second kappa shape index (κ2) is 4.51. The molecule has 3 rings (SSSR count). The second-order valence-corrected chi connectivity index (χ2v) is 6.09. The predicted molar refractivity (Wildman–Crippen MR) is 77.7 cm³/mol. The van der Waals surface area contributed by atoms with E-state index in [1.807, 2.05) is 0 Å². The largest absolute Gasteiger partial charge is 0.387 e. The third-order valence-electron chi connectivity index (χ3n) is 4.75. The van der Waals surface area contributed by atoms with E-state index in [0.29, 0.717) is 5.84 Å². The van der Waals surface area contributed by atoms with Crippen LogP contribution in [-0.2, 0) is 12.8 Å². The average Bonchev–Trinajstić information content (AvgIpc) is 2.86. The van der Waals surface area contributed by atoms with Gasteiger partial charge in [0, 0.05) is 24.2 Å². The first-order valence-electron chi connectivity index (χ1n) is 7.17. The van der Waals surface area contributed by atoms with Crippen molar-refractivity contribution in [2.45, 2.75) is 39.0 Å². The van der Waals surface area contributed by atoms with Crippen LogP contribution in [-0.4, -0.2) is 23.9 Å². The molecule has 2 aliphatic rings. The number of rotatable bonds is 2. The van der Waals surface area contributed by atoms with E-state index >= 15 is 0 Å². The predicted octanol–water partition coefficient (Wildman–Crippen LogP) is 2.11. The first kappa shape index (κ1) is 12.5. The lowest BCUT2D eigenvalue weighted by Gasteiger charge is -2.39. The lowest BCUT2D eigenvalue weighted by atomic mass is 9.79. The molecule has 102 valence electrons. The van der Waals surface area contributed by atoms with Gasteiger partial charge in [0.15, 0.2) is 0 Å². The molecule has 1 fully saturated rings. The maximum atomic E-state index is 7.70. The Morgan fingerprint density at radius 2 is 2.05 bits per heavy atom. The number of anilines is 1. The van der Waals surface area contributed by atoms with Crippen LogP contribution in [0.5, 0.6) is 0 Å². The van der Waals surface area contributed by atoms with Crippen LogP contribution in [0.1, 0.15) is 37.4 Å². The lowest BCUT2D eigenvalue weighted by molar-refractivity contribution is 0.350. The van der Waals surface area contributed by atoms with Gasteiger partial charge in [0.05, 0.1) is 5.84 Å². The van der Waals surface area contributed by atoms with E-state index in [0.717, 1.165) is 38.2 Å². The van der Waals surface area contributed by atoms with Gasteiger partial charge in [0.1, 0.15) is 5.82 Å². The van der Waals surface area contributed by atoms with Gasteiger partial charge in [-0.15, -0.1) is 0 Å². The monoisotopic (exact) mass is 258 g/mol. The summed E-state index contributed by atoms with van der Waals surface area (Å²) < 4.78 is 0. The van der Waals surface area contributed by atoms with Crippen molar-refractivity contribution in [2.75, 3.05) is 18.0 Å². The Kier molecular flexibility index (Phi) is 2.96. The zero-order valence-electron chi connectivity index (χ0n) is 11.6. The highest BCUT2D eigenvalue weighted by Gasteiger charge is 2.33. The van der Waals surface area contributed by atoms with E-state index in [1.54, 1.807) is 0 Å². The van der Waals surface area contributed by atoms with Gasteiger partial charge in [0.2, 0.25) is 0 Å². The summed E-state index contributed by atoms with van der Waals surface area (Å²) in [5, 5.41) is 7.70. The van der Waals surface area contributed by atoms with Gasteiger partial charge in [-0.2, -0.15) is 0 Å². The maximum absolute atomic E-state index is 7.70. The molecule has 0 aromatic carbocycles. The summed E-state index contributed by atoms with van der Waals surface area (Å²) in [5.41, 5.74) is 8.31. The van der Waals surface area contributed by atoms with E-state index in [4.69, 9.17) is 16.1 Å². The van der Waals surface area contributed by atoms with Crippen molar-refractivity contribution >= 4 is 11.7 Å². The van der Waals surface area contributed by atoms with Crippen molar-refractivity contribution in [2.24, 2.45) is 11.1 Å². The van der Waals surface area contributed by atoms with Gasteiger partial charge in [-0.05, 0) is 43.7 Å². The maximum Gasteiger partial charge on any atom is 0.128 e. The molecular formula is C15H22N4. The third kappa shape index (κ3) is 2.20. The van der Waals surface area contributed by atoms with Crippen molar-refractivity contribution in [1.82, 2.24) is 4.98 Å². The molecule has 1 aliphatic heterocycles. The number of pyridine rings is 1. The first-order chi connectivity index (χ1) is 9.08. The van der Waals surface area contributed by atoms with Crippen LogP contribution >= 0.6 is 0 Å². The summed E-state index contributed by atoms with van der Waals surface area (Å²) in [4.78, 5) is 7.15. The molecule has 0 atom stereocenters. The van der Waals surface area contributed by atoms with Crippen LogP contribution in [0.25, 0.3) is 0 Å². The smallest absolute Gasteiger partial charge is 0.128 e. The SMILES string of the molecule is CC1(C(=N)N)CCN(c2ccc3c(n2)CCC3)CC1. The number of hydrogen-bond acceptors (Lipinski definition) is 3. The molecule has 1 aromatic rings. The number of aryl methyl sites for hydroxylation is 2. The Balaban J connectivity index is 1.73. The molecule has 0 saturated carbocycles. The molecule has 0 radical (unpaired) electrons. The Morgan fingerprint density at radius 3 is 2.74 bits per heavy atom. The molecule has 19 heavy (non-hydrogen) atoms. The minimum absolute atomic E-state index is 0.118. The Morgan fingerprint density at radius 1 is 1.32 bits per heavy atom. The Bertz CT molecular complexity index is 501. The minimum atomic E-state index is -0.118. The first-order valence-corrected chi connectivity index (χ1v) is 7.17. The molecule has 0 unspecified atom stereocenters. The van der Waals surface area contributed by atoms with Gasteiger partial charge in [0.25, 0.3) is 0 Å².